The molecule has 0 unspecified atom stereocenters. The molecule has 122 valence electrons. The van der Waals surface area contributed by atoms with Crippen molar-refractivity contribution in [3.63, 3.8) is 0 Å². The van der Waals surface area contributed by atoms with Crippen molar-refractivity contribution in [2.24, 2.45) is 0 Å². The quantitative estimate of drug-likeness (QED) is 0.734. The van der Waals surface area contributed by atoms with Crippen molar-refractivity contribution in [3.8, 4) is 5.75 Å². The van der Waals surface area contributed by atoms with E-state index in [9.17, 15) is 4.79 Å². The van der Waals surface area contributed by atoms with E-state index in [0.717, 1.165) is 38.0 Å². The molecule has 1 fully saturated rings. The number of rotatable bonds is 8. The molecule has 6 heteroatoms. The molecule has 0 spiro atoms. The standard InChI is InChI=1S/C16H22Cl2N2O2/c1-2-22-16-12(9-13(17)10-14(16)18)11-19-6-4-8-20-7-3-5-15(20)21/h9-10,19H,2-8,11H2,1H3. The van der Waals surface area contributed by atoms with Gasteiger partial charge in [0.25, 0.3) is 0 Å². The molecule has 0 aliphatic carbocycles. The fourth-order valence-electron chi connectivity index (χ4n) is 2.61. The van der Waals surface area contributed by atoms with Crippen molar-refractivity contribution < 1.29 is 9.53 Å². The van der Waals surface area contributed by atoms with E-state index in [1.165, 1.54) is 0 Å². The zero-order valence-corrected chi connectivity index (χ0v) is 14.3. The van der Waals surface area contributed by atoms with Crippen LogP contribution in [0.5, 0.6) is 5.75 Å². The van der Waals surface area contributed by atoms with Crippen LogP contribution in [0.1, 0.15) is 31.7 Å². The van der Waals surface area contributed by atoms with Gasteiger partial charge in [-0.1, -0.05) is 23.2 Å². The van der Waals surface area contributed by atoms with Crippen LogP contribution in [0.25, 0.3) is 0 Å². The highest BCUT2D eigenvalue weighted by Crippen LogP contribution is 2.32. The molecular weight excluding hydrogens is 323 g/mol. The molecule has 1 amide bonds. The van der Waals surface area contributed by atoms with Gasteiger partial charge in [-0.2, -0.15) is 0 Å². The number of benzene rings is 1. The monoisotopic (exact) mass is 344 g/mol. The molecule has 0 bridgehead atoms. The smallest absolute Gasteiger partial charge is 0.222 e. The Morgan fingerprint density at radius 3 is 2.86 bits per heavy atom. The lowest BCUT2D eigenvalue weighted by Gasteiger charge is -2.16. The zero-order chi connectivity index (χ0) is 15.9. The molecule has 0 atom stereocenters. The summed E-state index contributed by atoms with van der Waals surface area (Å²) in [7, 11) is 0. The fraction of sp³-hybridized carbons (Fsp3) is 0.562. The molecule has 1 aliphatic heterocycles. The molecule has 1 aliphatic rings. The Morgan fingerprint density at radius 2 is 2.18 bits per heavy atom. The van der Waals surface area contributed by atoms with E-state index in [1.807, 2.05) is 17.9 Å². The van der Waals surface area contributed by atoms with Crippen LogP contribution in [0.4, 0.5) is 0 Å². The first-order chi connectivity index (χ1) is 10.6. The molecule has 1 heterocycles. The summed E-state index contributed by atoms with van der Waals surface area (Å²) in [5, 5.41) is 4.50. The molecule has 22 heavy (non-hydrogen) atoms. The van der Waals surface area contributed by atoms with Crippen LogP contribution in [0, 0.1) is 0 Å². The number of ether oxygens (including phenoxy) is 1. The maximum atomic E-state index is 11.5. The molecule has 1 aromatic rings. The van der Waals surface area contributed by atoms with Crippen molar-refractivity contribution >= 4 is 29.1 Å². The summed E-state index contributed by atoms with van der Waals surface area (Å²) >= 11 is 12.2. The van der Waals surface area contributed by atoms with Crippen LogP contribution in [-0.2, 0) is 11.3 Å². The van der Waals surface area contributed by atoms with Gasteiger partial charge in [0.15, 0.2) is 0 Å². The fourth-order valence-corrected chi connectivity index (χ4v) is 3.20. The number of halogens is 2. The molecule has 1 N–H and O–H groups in total. The molecule has 1 saturated heterocycles. The summed E-state index contributed by atoms with van der Waals surface area (Å²) in [5.41, 5.74) is 0.955. The Labute approximate surface area is 141 Å². The minimum atomic E-state index is 0.278. The van der Waals surface area contributed by atoms with Gasteiger partial charge >= 0.3 is 0 Å². The van der Waals surface area contributed by atoms with E-state index in [0.29, 0.717) is 35.4 Å². The van der Waals surface area contributed by atoms with Crippen LogP contribution in [0.15, 0.2) is 12.1 Å². The lowest BCUT2D eigenvalue weighted by atomic mass is 10.2. The van der Waals surface area contributed by atoms with Crippen LogP contribution in [0.2, 0.25) is 10.0 Å². The van der Waals surface area contributed by atoms with Gasteiger partial charge in [-0.3, -0.25) is 4.79 Å². The number of likely N-dealkylation sites (tertiary alicyclic amines) is 1. The predicted molar refractivity (Wildman–Crippen MR) is 89.8 cm³/mol. The summed E-state index contributed by atoms with van der Waals surface area (Å²) < 4.78 is 5.59. The van der Waals surface area contributed by atoms with E-state index in [-0.39, 0.29) is 5.91 Å². The van der Waals surface area contributed by atoms with Gasteiger partial charge in [0.1, 0.15) is 5.75 Å². The van der Waals surface area contributed by atoms with Crippen LogP contribution >= 0.6 is 23.2 Å². The largest absolute Gasteiger partial charge is 0.492 e. The lowest BCUT2D eigenvalue weighted by Crippen LogP contribution is -2.28. The van der Waals surface area contributed by atoms with Gasteiger partial charge in [-0.15, -0.1) is 0 Å². The zero-order valence-electron chi connectivity index (χ0n) is 12.8. The molecule has 4 nitrogen and oxygen atoms in total. The number of carbonyl (C=O) groups is 1. The third kappa shape index (κ3) is 4.77. The number of hydrogen-bond acceptors (Lipinski definition) is 3. The first kappa shape index (κ1) is 17.4. The first-order valence-corrected chi connectivity index (χ1v) is 8.46. The summed E-state index contributed by atoms with van der Waals surface area (Å²) in [6, 6.07) is 3.56. The Hall–Kier alpha value is -0.970. The van der Waals surface area contributed by atoms with Gasteiger partial charge in [0, 0.05) is 36.6 Å². The Balaban J connectivity index is 1.79. The average molecular weight is 345 g/mol. The van der Waals surface area contributed by atoms with Crippen molar-refractivity contribution in [1.82, 2.24) is 10.2 Å². The number of carbonyl (C=O) groups excluding carboxylic acids is 1. The molecule has 0 saturated carbocycles. The Morgan fingerprint density at radius 1 is 1.36 bits per heavy atom. The number of nitrogens with one attached hydrogen (secondary N) is 1. The maximum absolute atomic E-state index is 11.5. The minimum Gasteiger partial charge on any atom is -0.492 e. The highest BCUT2D eigenvalue weighted by Gasteiger charge is 2.18. The van der Waals surface area contributed by atoms with E-state index < -0.39 is 0 Å². The van der Waals surface area contributed by atoms with Crippen LogP contribution in [0.3, 0.4) is 0 Å². The van der Waals surface area contributed by atoms with E-state index in [2.05, 4.69) is 5.32 Å². The second kappa shape index (κ2) is 8.61. The summed E-state index contributed by atoms with van der Waals surface area (Å²) in [4.78, 5) is 13.4. The Bertz CT molecular complexity index is 523. The first-order valence-electron chi connectivity index (χ1n) is 7.71. The predicted octanol–water partition coefficient (Wildman–Crippen LogP) is 3.49. The minimum absolute atomic E-state index is 0.278. The highest BCUT2D eigenvalue weighted by atomic mass is 35.5. The molecular formula is C16H22Cl2N2O2. The van der Waals surface area contributed by atoms with Crippen molar-refractivity contribution in [2.45, 2.75) is 32.7 Å². The van der Waals surface area contributed by atoms with Crippen molar-refractivity contribution in [2.75, 3.05) is 26.2 Å². The summed E-state index contributed by atoms with van der Waals surface area (Å²) in [5.74, 6) is 0.969. The van der Waals surface area contributed by atoms with Crippen LogP contribution < -0.4 is 10.1 Å². The van der Waals surface area contributed by atoms with Crippen molar-refractivity contribution in [3.05, 3.63) is 27.7 Å². The van der Waals surface area contributed by atoms with E-state index in [1.54, 1.807) is 6.07 Å². The van der Waals surface area contributed by atoms with Gasteiger partial charge in [0.05, 0.1) is 11.6 Å². The van der Waals surface area contributed by atoms with Gasteiger partial charge < -0.3 is 15.0 Å². The normalized spacial score (nSPS) is 14.7. The molecule has 0 aromatic heterocycles. The summed E-state index contributed by atoms with van der Waals surface area (Å²) in [6.07, 6.45) is 2.63. The molecule has 2 rings (SSSR count). The van der Waals surface area contributed by atoms with Crippen molar-refractivity contribution in [1.29, 1.82) is 0 Å². The number of nitrogens with zero attached hydrogens (tertiary/aromatic N) is 1. The second-order valence-corrected chi connectivity index (χ2v) is 6.17. The summed E-state index contributed by atoms with van der Waals surface area (Å²) in [6.45, 7) is 5.68. The van der Waals surface area contributed by atoms with Gasteiger partial charge in [0.2, 0.25) is 5.91 Å². The van der Waals surface area contributed by atoms with Crippen LogP contribution in [-0.4, -0.2) is 37.0 Å². The third-order valence-corrected chi connectivity index (χ3v) is 4.14. The van der Waals surface area contributed by atoms with E-state index in [4.69, 9.17) is 27.9 Å². The van der Waals surface area contributed by atoms with Gasteiger partial charge in [-0.05, 0) is 38.4 Å². The number of amides is 1. The van der Waals surface area contributed by atoms with E-state index >= 15 is 0 Å². The third-order valence-electron chi connectivity index (χ3n) is 3.64. The molecule has 0 radical (unpaired) electrons. The number of hydrogen-bond donors (Lipinski definition) is 1. The van der Waals surface area contributed by atoms with Gasteiger partial charge in [-0.25, -0.2) is 0 Å². The lowest BCUT2D eigenvalue weighted by molar-refractivity contribution is -0.127. The SMILES string of the molecule is CCOc1c(Cl)cc(Cl)cc1CNCCCN1CCCC1=O. The molecule has 1 aromatic carbocycles. The highest BCUT2D eigenvalue weighted by molar-refractivity contribution is 6.35. The second-order valence-electron chi connectivity index (χ2n) is 5.32. The maximum Gasteiger partial charge on any atom is 0.222 e. The Kier molecular flexibility index (Phi) is 6.80. The average Bonchev–Trinajstić information content (AvgIpc) is 2.87. The topological polar surface area (TPSA) is 41.6 Å².